The molecular weight excluding hydrogens is 270 g/mol. The van der Waals surface area contributed by atoms with Crippen molar-refractivity contribution in [3.63, 3.8) is 0 Å². The third-order valence-electron chi connectivity index (χ3n) is 3.06. The summed E-state index contributed by atoms with van der Waals surface area (Å²) in [7, 11) is 1.57. The maximum Gasteiger partial charge on any atom is 0.319 e. The zero-order valence-corrected chi connectivity index (χ0v) is 11.9. The van der Waals surface area contributed by atoms with E-state index in [1.807, 2.05) is 0 Å². The molecule has 0 atom stereocenters. The van der Waals surface area contributed by atoms with Crippen LogP contribution in [0.5, 0.6) is 0 Å². The van der Waals surface area contributed by atoms with Gasteiger partial charge in [0.05, 0.1) is 12.8 Å². The monoisotopic (exact) mass is 287 g/mol. The lowest BCUT2D eigenvalue weighted by Crippen LogP contribution is -2.28. The van der Waals surface area contributed by atoms with Crippen molar-refractivity contribution < 1.29 is 14.0 Å². The smallest absolute Gasteiger partial charge is 0.319 e. The predicted octanol–water partition coefficient (Wildman–Crippen LogP) is 2.27. The third kappa shape index (κ3) is 3.62. The Kier molecular flexibility index (Phi) is 4.61. The Morgan fingerprint density at radius 3 is 2.67 bits per heavy atom. The van der Waals surface area contributed by atoms with E-state index in [0.717, 1.165) is 0 Å². The summed E-state index contributed by atoms with van der Waals surface area (Å²) in [4.78, 5) is 23.5. The topological polar surface area (TPSA) is 83.4 Å². The minimum atomic E-state index is -0.358. The zero-order valence-electron chi connectivity index (χ0n) is 11.9. The van der Waals surface area contributed by atoms with Crippen LogP contribution in [0.1, 0.15) is 21.7 Å². The van der Waals surface area contributed by atoms with Crippen LogP contribution in [0.2, 0.25) is 0 Å². The van der Waals surface area contributed by atoms with Crippen LogP contribution in [0.3, 0.4) is 0 Å². The van der Waals surface area contributed by atoms with Gasteiger partial charge in [-0.15, -0.1) is 0 Å². The van der Waals surface area contributed by atoms with E-state index in [0.29, 0.717) is 29.1 Å². The number of benzene rings is 1. The maximum absolute atomic E-state index is 11.8. The van der Waals surface area contributed by atoms with Crippen molar-refractivity contribution >= 4 is 17.6 Å². The van der Waals surface area contributed by atoms with E-state index in [1.54, 1.807) is 50.6 Å². The molecule has 0 aliphatic carbocycles. The van der Waals surface area contributed by atoms with E-state index in [-0.39, 0.29) is 11.9 Å². The molecule has 0 fully saturated rings. The molecular formula is C15H17N3O3. The van der Waals surface area contributed by atoms with E-state index < -0.39 is 0 Å². The summed E-state index contributed by atoms with van der Waals surface area (Å²) in [6, 6.07) is 8.35. The number of hydrogen-bond donors (Lipinski definition) is 3. The van der Waals surface area contributed by atoms with Gasteiger partial charge < -0.3 is 20.4 Å². The highest BCUT2D eigenvalue weighted by Gasteiger charge is 2.11. The first-order chi connectivity index (χ1) is 10.1. The van der Waals surface area contributed by atoms with Gasteiger partial charge in [0, 0.05) is 18.3 Å². The van der Waals surface area contributed by atoms with Gasteiger partial charge in [0.25, 0.3) is 5.91 Å². The molecule has 0 saturated heterocycles. The Labute approximate surface area is 122 Å². The predicted molar refractivity (Wildman–Crippen MR) is 79.1 cm³/mol. The molecule has 21 heavy (non-hydrogen) atoms. The SMILES string of the molecule is CNC(=O)c1cccc(NC(=O)NCc2ccco2)c1C. The third-order valence-corrected chi connectivity index (χ3v) is 3.06. The number of urea groups is 1. The molecule has 2 aromatic rings. The minimum absolute atomic E-state index is 0.188. The Morgan fingerprint density at radius 2 is 2.00 bits per heavy atom. The summed E-state index contributed by atoms with van der Waals surface area (Å²) in [5.41, 5.74) is 1.83. The zero-order chi connectivity index (χ0) is 15.2. The Bertz CT molecular complexity index is 636. The largest absolute Gasteiger partial charge is 0.467 e. The maximum atomic E-state index is 11.8. The van der Waals surface area contributed by atoms with Gasteiger partial charge in [-0.3, -0.25) is 4.79 Å². The van der Waals surface area contributed by atoms with Crippen molar-refractivity contribution in [3.8, 4) is 0 Å². The van der Waals surface area contributed by atoms with Crippen LogP contribution in [0, 0.1) is 6.92 Å². The molecule has 2 rings (SSSR count). The summed E-state index contributed by atoms with van der Waals surface area (Å²) in [5.74, 6) is 0.480. The highest BCUT2D eigenvalue weighted by molar-refractivity contribution is 5.98. The summed E-state index contributed by atoms with van der Waals surface area (Å²) >= 11 is 0. The first-order valence-electron chi connectivity index (χ1n) is 6.50. The van der Waals surface area contributed by atoms with Gasteiger partial charge in [-0.25, -0.2) is 4.79 Å². The van der Waals surface area contributed by atoms with Gasteiger partial charge >= 0.3 is 6.03 Å². The first kappa shape index (κ1) is 14.6. The number of carbonyl (C=O) groups excluding carboxylic acids is 2. The summed E-state index contributed by atoms with van der Waals surface area (Å²) < 4.78 is 5.13. The van der Waals surface area contributed by atoms with Crippen molar-refractivity contribution in [1.82, 2.24) is 10.6 Å². The molecule has 1 aromatic carbocycles. The highest BCUT2D eigenvalue weighted by atomic mass is 16.3. The van der Waals surface area contributed by atoms with Gasteiger partial charge in [-0.1, -0.05) is 6.07 Å². The average Bonchev–Trinajstić information content (AvgIpc) is 3.00. The number of carbonyl (C=O) groups is 2. The standard InChI is InChI=1S/C15H17N3O3/c1-10-12(14(19)16-2)6-3-7-13(10)18-15(20)17-9-11-5-4-8-21-11/h3-8H,9H2,1-2H3,(H,16,19)(H2,17,18,20). The molecule has 0 aliphatic heterocycles. The summed E-state index contributed by atoms with van der Waals surface area (Å²) in [6.45, 7) is 2.08. The van der Waals surface area contributed by atoms with Crippen LogP contribution in [-0.4, -0.2) is 19.0 Å². The Hall–Kier alpha value is -2.76. The molecule has 0 saturated carbocycles. The first-order valence-corrected chi connectivity index (χ1v) is 6.50. The lowest BCUT2D eigenvalue weighted by Gasteiger charge is -2.12. The number of hydrogen-bond acceptors (Lipinski definition) is 3. The normalized spacial score (nSPS) is 10.0. The van der Waals surface area contributed by atoms with Gasteiger partial charge in [0.1, 0.15) is 5.76 Å². The number of anilines is 1. The quantitative estimate of drug-likeness (QED) is 0.806. The van der Waals surface area contributed by atoms with E-state index in [4.69, 9.17) is 4.42 Å². The van der Waals surface area contributed by atoms with E-state index in [1.165, 1.54) is 0 Å². The lowest BCUT2D eigenvalue weighted by atomic mass is 10.1. The van der Waals surface area contributed by atoms with Crippen molar-refractivity contribution in [2.24, 2.45) is 0 Å². The van der Waals surface area contributed by atoms with Gasteiger partial charge in [0.15, 0.2) is 0 Å². The number of amides is 3. The summed E-state index contributed by atoms with van der Waals surface area (Å²) in [5, 5.41) is 7.97. The second-order valence-electron chi connectivity index (χ2n) is 4.44. The second-order valence-corrected chi connectivity index (χ2v) is 4.44. The van der Waals surface area contributed by atoms with Crippen LogP contribution in [-0.2, 0) is 6.54 Å². The Balaban J connectivity index is 2.02. The van der Waals surface area contributed by atoms with Crippen LogP contribution < -0.4 is 16.0 Å². The average molecular weight is 287 g/mol. The highest BCUT2D eigenvalue weighted by Crippen LogP contribution is 2.18. The van der Waals surface area contributed by atoms with Crippen molar-refractivity contribution in [2.45, 2.75) is 13.5 Å². The number of rotatable bonds is 4. The van der Waals surface area contributed by atoms with Gasteiger partial charge in [0.2, 0.25) is 0 Å². The Morgan fingerprint density at radius 1 is 1.19 bits per heavy atom. The second kappa shape index (κ2) is 6.60. The molecule has 110 valence electrons. The fourth-order valence-corrected chi connectivity index (χ4v) is 1.90. The van der Waals surface area contributed by atoms with Crippen LogP contribution in [0.25, 0.3) is 0 Å². The molecule has 0 bridgehead atoms. The number of nitrogens with one attached hydrogen (secondary N) is 3. The molecule has 0 unspecified atom stereocenters. The fourth-order valence-electron chi connectivity index (χ4n) is 1.90. The van der Waals surface area contributed by atoms with E-state index in [2.05, 4.69) is 16.0 Å². The lowest BCUT2D eigenvalue weighted by molar-refractivity contribution is 0.0962. The van der Waals surface area contributed by atoms with Crippen LogP contribution >= 0.6 is 0 Å². The van der Waals surface area contributed by atoms with E-state index in [9.17, 15) is 9.59 Å². The molecule has 6 nitrogen and oxygen atoms in total. The molecule has 3 amide bonds. The van der Waals surface area contributed by atoms with Crippen LogP contribution in [0.4, 0.5) is 10.5 Å². The van der Waals surface area contributed by atoms with Crippen LogP contribution in [0.15, 0.2) is 41.0 Å². The molecule has 1 aromatic heterocycles. The molecule has 0 radical (unpaired) electrons. The van der Waals surface area contributed by atoms with E-state index >= 15 is 0 Å². The molecule has 6 heteroatoms. The molecule has 3 N–H and O–H groups in total. The van der Waals surface area contributed by atoms with Crippen molar-refractivity contribution in [2.75, 3.05) is 12.4 Å². The molecule has 1 heterocycles. The van der Waals surface area contributed by atoms with Crippen molar-refractivity contribution in [3.05, 3.63) is 53.5 Å². The molecule has 0 spiro atoms. The van der Waals surface area contributed by atoms with Gasteiger partial charge in [-0.05, 0) is 36.8 Å². The summed E-state index contributed by atoms with van der Waals surface area (Å²) in [6.07, 6.45) is 1.55. The van der Waals surface area contributed by atoms with Crippen molar-refractivity contribution in [1.29, 1.82) is 0 Å². The number of furan rings is 1. The molecule has 0 aliphatic rings. The van der Waals surface area contributed by atoms with Gasteiger partial charge in [-0.2, -0.15) is 0 Å². The minimum Gasteiger partial charge on any atom is -0.467 e. The fraction of sp³-hybridized carbons (Fsp3) is 0.200.